The summed E-state index contributed by atoms with van der Waals surface area (Å²) in [4.78, 5) is 0. The molecule has 1 rings (SSSR count). The van der Waals surface area contributed by atoms with Crippen molar-refractivity contribution in [2.24, 2.45) is 0 Å². The molecule has 0 saturated carbocycles. The molecular formula is C8H14N4. The summed E-state index contributed by atoms with van der Waals surface area (Å²) in [7, 11) is 1.86. The van der Waals surface area contributed by atoms with E-state index in [9.17, 15) is 0 Å². The van der Waals surface area contributed by atoms with Crippen molar-refractivity contribution in [2.75, 3.05) is 30.5 Å². The Kier molecular flexibility index (Phi) is 2.76. The van der Waals surface area contributed by atoms with Crippen LogP contribution in [0.1, 0.15) is 0 Å². The number of rotatable bonds is 3. The zero-order valence-electron chi connectivity index (χ0n) is 7.09. The van der Waals surface area contributed by atoms with Gasteiger partial charge in [0.15, 0.2) is 0 Å². The second-order valence-electron chi connectivity index (χ2n) is 2.55. The van der Waals surface area contributed by atoms with Crippen LogP contribution in [0.5, 0.6) is 0 Å². The number of benzene rings is 1. The quantitative estimate of drug-likeness (QED) is 0.388. The van der Waals surface area contributed by atoms with Crippen molar-refractivity contribution in [3.8, 4) is 0 Å². The number of hydrogen-bond donors (Lipinski definition) is 4. The average Bonchev–Trinajstić information content (AvgIpc) is 2.07. The first-order valence-corrected chi connectivity index (χ1v) is 3.77. The summed E-state index contributed by atoms with van der Waals surface area (Å²) in [6, 6.07) is 5.37. The number of nitrogens with two attached hydrogens (primary N) is 2. The van der Waals surface area contributed by atoms with Gasteiger partial charge in [0.1, 0.15) is 0 Å². The van der Waals surface area contributed by atoms with Gasteiger partial charge < -0.3 is 22.1 Å². The number of nitrogens with one attached hydrogen (secondary N) is 2. The van der Waals surface area contributed by atoms with Gasteiger partial charge in [-0.05, 0) is 25.2 Å². The summed E-state index contributed by atoms with van der Waals surface area (Å²) in [5.41, 5.74) is 13.6. The summed E-state index contributed by atoms with van der Waals surface area (Å²) in [6.45, 7) is 0.674. The van der Waals surface area contributed by atoms with Crippen LogP contribution < -0.4 is 22.1 Å². The van der Waals surface area contributed by atoms with Crippen molar-refractivity contribution in [3.63, 3.8) is 0 Å². The molecule has 4 nitrogen and oxygen atoms in total. The van der Waals surface area contributed by atoms with Crippen molar-refractivity contribution >= 4 is 17.1 Å². The molecule has 1 aromatic rings. The first-order valence-electron chi connectivity index (χ1n) is 3.77. The molecule has 66 valence electrons. The predicted octanol–water partition coefficient (Wildman–Crippen LogP) is 0.440. The number of nitrogen functional groups attached to an aromatic ring is 2. The minimum atomic E-state index is 0.674. The fraction of sp³-hybridized carbons (Fsp3) is 0.250. The molecule has 0 bridgehead atoms. The maximum atomic E-state index is 5.68. The Morgan fingerprint density at radius 1 is 1.33 bits per heavy atom. The maximum absolute atomic E-state index is 5.68. The van der Waals surface area contributed by atoms with Gasteiger partial charge in [0.2, 0.25) is 0 Å². The lowest BCUT2D eigenvalue weighted by molar-refractivity contribution is 0.875. The van der Waals surface area contributed by atoms with Crippen molar-refractivity contribution in [1.29, 1.82) is 0 Å². The number of hydrogen-bond acceptors (Lipinski definition) is 4. The Morgan fingerprint density at radius 2 is 2.08 bits per heavy atom. The molecule has 0 fully saturated rings. The van der Waals surface area contributed by atoms with E-state index < -0.39 is 0 Å². The van der Waals surface area contributed by atoms with Crippen molar-refractivity contribution in [3.05, 3.63) is 18.2 Å². The standard InChI is InChI=1S/C8H14N4/c1-11-5-12-8-4-6(9)2-3-7(8)10/h2-4,11-12H,5,9-10H2,1H3. The molecule has 0 spiro atoms. The van der Waals surface area contributed by atoms with E-state index in [1.54, 1.807) is 12.1 Å². The maximum Gasteiger partial charge on any atom is 0.0651 e. The van der Waals surface area contributed by atoms with Crippen LogP contribution in [0.25, 0.3) is 0 Å². The van der Waals surface area contributed by atoms with Crippen LogP contribution in [-0.2, 0) is 0 Å². The van der Waals surface area contributed by atoms with Crippen LogP contribution in [0.3, 0.4) is 0 Å². The molecular weight excluding hydrogens is 152 g/mol. The minimum Gasteiger partial charge on any atom is -0.399 e. The summed E-state index contributed by atoms with van der Waals surface area (Å²) in [6.07, 6.45) is 0. The van der Waals surface area contributed by atoms with Gasteiger partial charge in [0, 0.05) is 5.69 Å². The second-order valence-corrected chi connectivity index (χ2v) is 2.55. The summed E-state index contributed by atoms with van der Waals surface area (Å²) >= 11 is 0. The van der Waals surface area contributed by atoms with Gasteiger partial charge in [-0.2, -0.15) is 0 Å². The van der Waals surface area contributed by atoms with E-state index in [0.717, 1.165) is 5.69 Å². The third-order valence-electron chi connectivity index (χ3n) is 1.53. The van der Waals surface area contributed by atoms with Gasteiger partial charge in [-0.15, -0.1) is 0 Å². The zero-order valence-corrected chi connectivity index (χ0v) is 7.09. The molecule has 4 heteroatoms. The smallest absolute Gasteiger partial charge is 0.0651 e. The summed E-state index contributed by atoms with van der Waals surface area (Å²) in [5.74, 6) is 0. The largest absolute Gasteiger partial charge is 0.399 e. The van der Waals surface area contributed by atoms with Crippen molar-refractivity contribution in [1.82, 2.24) is 5.32 Å². The highest BCUT2D eigenvalue weighted by molar-refractivity contribution is 5.70. The fourth-order valence-corrected chi connectivity index (χ4v) is 0.911. The van der Waals surface area contributed by atoms with E-state index in [1.807, 2.05) is 13.1 Å². The summed E-state index contributed by atoms with van der Waals surface area (Å²) in [5, 5.41) is 6.04. The van der Waals surface area contributed by atoms with Crippen molar-refractivity contribution in [2.45, 2.75) is 0 Å². The predicted molar refractivity (Wildman–Crippen MR) is 52.8 cm³/mol. The molecule has 1 aromatic carbocycles. The molecule has 0 radical (unpaired) electrons. The molecule has 0 aliphatic rings. The topological polar surface area (TPSA) is 76.1 Å². The molecule has 0 heterocycles. The van der Waals surface area contributed by atoms with Crippen molar-refractivity contribution < 1.29 is 0 Å². The van der Waals surface area contributed by atoms with Gasteiger partial charge in [-0.25, -0.2) is 0 Å². The Bertz CT molecular complexity index is 259. The summed E-state index contributed by atoms with van der Waals surface area (Å²) < 4.78 is 0. The lowest BCUT2D eigenvalue weighted by Crippen LogP contribution is -2.17. The van der Waals surface area contributed by atoms with Gasteiger partial charge in [0.05, 0.1) is 18.0 Å². The number of anilines is 3. The molecule has 0 aliphatic heterocycles. The second kappa shape index (κ2) is 3.82. The van der Waals surface area contributed by atoms with E-state index >= 15 is 0 Å². The van der Waals surface area contributed by atoms with Crippen LogP contribution in [0, 0.1) is 0 Å². The molecule has 0 atom stereocenters. The highest BCUT2D eigenvalue weighted by Crippen LogP contribution is 2.20. The van der Waals surface area contributed by atoms with E-state index in [-0.39, 0.29) is 0 Å². The molecule has 12 heavy (non-hydrogen) atoms. The van der Waals surface area contributed by atoms with E-state index in [2.05, 4.69) is 10.6 Å². The first kappa shape index (κ1) is 8.67. The monoisotopic (exact) mass is 166 g/mol. The molecule has 6 N–H and O–H groups in total. The van der Waals surface area contributed by atoms with Crippen LogP contribution in [0.4, 0.5) is 17.1 Å². The van der Waals surface area contributed by atoms with Gasteiger partial charge in [0.25, 0.3) is 0 Å². The third-order valence-corrected chi connectivity index (χ3v) is 1.53. The Labute approximate surface area is 71.9 Å². The SMILES string of the molecule is CNCNc1cc(N)ccc1N. The molecule has 0 aliphatic carbocycles. The molecule has 0 unspecified atom stereocenters. The average molecular weight is 166 g/mol. The van der Waals surface area contributed by atoms with Gasteiger partial charge >= 0.3 is 0 Å². The highest BCUT2D eigenvalue weighted by Gasteiger charge is 1.96. The Hall–Kier alpha value is -1.42. The van der Waals surface area contributed by atoms with Gasteiger partial charge in [-0.1, -0.05) is 0 Å². The zero-order chi connectivity index (χ0) is 8.97. The van der Waals surface area contributed by atoms with Crippen LogP contribution >= 0.6 is 0 Å². The van der Waals surface area contributed by atoms with Crippen LogP contribution in [0.2, 0.25) is 0 Å². The Morgan fingerprint density at radius 3 is 2.75 bits per heavy atom. The van der Waals surface area contributed by atoms with E-state index in [1.165, 1.54) is 0 Å². The lowest BCUT2D eigenvalue weighted by atomic mass is 10.2. The lowest BCUT2D eigenvalue weighted by Gasteiger charge is -2.08. The Balaban J connectivity index is 2.75. The molecule has 0 amide bonds. The van der Waals surface area contributed by atoms with Gasteiger partial charge in [-0.3, -0.25) is 0 Å². The van der Waals surface area contributed by atoms with E-state index in [0.29, 0.717) is 18.0 Å². The van der Waals surface area contributed by atoms with Crippen LogP contribution in [-0.4, -0.2) is 13.7 Å². The minimum absolute atomic E-state index is 0.674. The fourth-order valence-electron chi connectivity index (χ4n) is 0.911. The van der Waals surface area contributed by atoms with E-state index in [4.69, 9.17) is 11.5 Å². The highest BCUT2D eigenvalue weighted by atomic mass is 15.0. The normalized spacial score (nSPS) is 9.75. The molecule has 0 aromatic heterocycles. The molecule has 0 saturated heterocycles. The third kappa shape index (κ3) is 2.03. The van der Waals surface area contributed by atoms with Crippen LogP contribution in [0.15, 0.2) is 18.2 Å². The first-order chi connectivity index (χ1) is 5.74.